The highest BCUT2D eigenvalue weighted by Crippen LogP contribution is 2.27. The van der Waals surface area contributed by atoms with Crippen molar-refractivity contribution in [3.8, 4) is 11.5 Å². The standard InChI is InChI=1S/C17H17N3O3/c1-22-15-4-3-12(7-16(15)23-2)9-19-17(21)13-5-6-20-11-18-10-14(20)8-13/h3-8,10-11H,9H2,1-2H3,(H,19,21). The molecule has 1 N–H and O–H groups in total. The van der Waals surface area contributed by atoms with Crippen LogP contribution in [0.2, 0.25) is 0 Å². The molecule has 0 unspecified atom stereocenters. The first kappa shape index (κ1) is 14.9. The zero-order valence-corrected chi connectivity index (χ0v) is 12.9. The number of carbonyl (C=O) groups is 1. The Morgan fingerprint density at radius 3 is 2.78 bits per heavy atom. The number of carbonyl (C=O) groups excluding carboxylic acids is 1. The molecule has 0 saturated heterocycles. The van der Waals surface area contributed by atoms with Crippen molar-refractivity contribution in [3.63, 3.8) is 0 Å². The number of aromatic nitrogens is 2. The molecule has 0 fully saturated rings. The summed E-state index contributed by atoms with van der Waals surface area (Å²) in [6, 6.07) is 9.12. The van der Waals surface area contributed by atoms with Gasteiger partial charge in [0.2, 0.25) is 0 Å². The number of amides is 1. The van der Waals surface area contributed by atoms with E-state index in [0.717, 1.165) is 11.1 Å². The molecule has 0 aliphatic rings. The molecule has 2 aromatic heterocycles. The highest BCUT2D eigenvalue weighted by molar-refractivity contribution is 5.95. The first-order valence-electron chi connectivity index (χ1n) is 7.12. The number of nitrogens with one attached hydrogen (secondary N) is 1. The molecule has 3 rings (SSSR count). The molecule has 6 heteroatoms. The van der Waals surface area contributed by atoms with Gasteiger partial charge in [-0.2, -0.15) is 0 Å². The van der Waals surface area contributed by atoms with Crippen LogP contribution in [0.15, 0.2) is 49.1 Å². The van der Waals surface area contributed by atoms with Crippen molar-refractivity contribution in [2.24, 2.45) is 0 Å². The molecule has 0 aliphatic heterocycles. The minimum absolute atomic E-state index is 0.136. The average Bonchev–Trinajstić information content (AvgIpc) is 3.06. The molecule has 1 amide bonds. The number of hydrogen-bond acceptors (Lipinski definition) is 4. The molecule has 118 valence electrons. The van der Waals surface area contributed by atoms with Crippen LogP contribution in [0.25, 0.3) is 5.52 Å². The molecule has 0 radical (unpaired) electrons. The van der Waals surface area contributed by atoms with E-state index in [4.69, 9.17) is 9.47 Å². The Labute approximate surface area is 133 Å². The predicted octanol–water partition coefficient (Wildman–Crippen LogP) is 2.28. The maximum absolute atomic E-state index is 12.3. The van der Waals surface area contributed by atoms with Gasteiger partial charge in [-0.1, -0.05) is 6.07 Å². The second-order valence-corrected chi connectivity index (χ2v) is 5.01. The number of rotatable bonds is 5. The lowest BCUT2D eigenvalue weighted by atomic mass is 10.2. The molecule has 0 saturated carbocycles. The maximum atomic E-state index is 12.3. The molecule has 2 heterocycles. The number of ether oxygens (including phenoxy) is 2. The number of nitrogens with zero attached hydrogens (tertiary/aromatic N) is 2. The third-order valence-electron chi connectivity index (χ3n) is 3.58. The van der Waals surface area contributed by atoms with Gasteiger partial charge < -0.3 is 19.2 Å². The van der Waals surface area contributed by atoms with E-state index in [-0.39, 0.29) is 5.91 Å². The maximum Gasteiger partial charge on any atom is 0.251 e. The van der Waals surface area contributed by atoms with Crippen LogP contribution >= 0.6 is 0 Å². The molecule has 0 spiro atoms. The molecule has 0 atom stereocenters. The third-order valence-corrected chi connectivity index (χ3v) is 3.58. The lowest BCUT2D eigenvalue weighted by molar-refractivity contribution is 0.0951. The fourth-order valence-corrected chi connectivity index (χ4v) is 2.34. The van der Waals surface area contributed by atoms with Crippen LogP contribution in [0, 0.1) is 0 Å². The number of hydrogen-bond donors (Lipinski definition) is 1. The summed E-state index contributed by atoms with van der Waals surface area (Å²) >= 11 is 0. The van der Waals surface area contributed by atoms with E-state index < -0.39 is 0 Å². The largest absolute Gasteiger partial charge is 0.493 e. The Bertz CT molecular complexity index is 842. The van der Waals surface area contributed by atoms with Crippen molar-refractivity contribution in [1.82, 2.24) is 14.7 Å². The minimum Gasteiger partial charge on any atom is -0.493 e. The second kappa shape index (κ2) is 6.39. The van der Waals surface area contributed by atoms with E-state index >= 15 is 0 Å². The van der Waals surface area contributed by atoms with E-state index in [0.29, 0.717) is 23.6 Å². The van der Waals surface area contributed by atoms with Gasteiger partial charge in [-0.25, -0.2) is 4.98 Å². The van der Waals surface area contributed by atoms with Gasteiger partial charge in [0.15, 0.2) is 11.5 Å². The molecular weight excluding hydrogens is 294 g/mol. The van der Waals surface area contributed by atoms with Gasteiger partial charge in [0.05, 0.1) is 32.3 Å². The predicted molar refractivity (Wildman–Crippen MR) is 85.9 cm³/mol. The molecule has 6 nitrogen and oxygen atoms in total. The number of fused-ring (bicyclic) bond motifs is 1. The fourth-order valence-electron chi connectivity index (χ4n) is 2.34. The third kappa shape index (κ3) is 3.11. The SMILES string of the molecule is COc1ccc(CNC(=O)c2ccn3cncc3c2)cc1OC. The quantitative estimate of drug-likeness (QED) is 0.785. The van der Waals surface area contributed by atoms with Gasteiger partial charge in [-0.15, -0.1) is 0 Å². The van der Waals surface area contributed by atoms with Gasteiger partial charge in [-0.3, -0.25) is 4.79 Å². The second-order valence-electron chi connectivity index (χ2n) is 5.01. The van der Waals surface area contributed by atoms with Crippen molar-refractivity contribution in [1.29, 1.82) is 0 Å². The van der Waals surface area contributed by atoms with Crippen LogP contribution in [-0.4, -0.2) is 29.5 Å². The monoisotopic (exact) mass is 311 g/mol. The van der Waals surface area contributed by atoms with Crippen LogP contribution in [0.4, 0.5) is 0 Å². The molecule has 23 heavy (non-hydrogen) atoms. The summed E-state index contributed by atoms with van der Waals surface area (Å²) in [6.07, 6.45) is 5.22. The lowest BCUT2D eigenvalue weighted by Gasteiger charge is -2.10. The van der Waals surface area contributed by atoms with Crippen molar-refractivity contribution in [2.75, 3.05) is 14.2 Å². The summed E-state index contributed by atoms with van der Waals surface area (Å²) in [5.41, 5.74) is 2.41. The van der Waals surface area contributed by atoms with Gasteiger partial charge in [0.25, 0.3) is 5.91 Å². The van der Waals surface area contributed by atoms with E-state index in [9.17, 15) is 4.79 Å². The molecular formula is C17H17N3O3. The van der Waals surface area contributed by atoms with Crippen molar-refractivity contribution < 1.29 is 14.3 Å². The summed E-state index contributed by atoms with van der Waals surface area (Å²) in [4.78, 5) is 16.3. The summed E-state index contributed by atoms with van der Waals surface area (Å²) in [5.74, 6) is 1.16. The normalized spacial score (nSPS) is 10.5. The van der Waals surface area contributed by atoms with E-state index in [1.165, 1.54) is 0 Å². The lowest BCUT2D eigenvalue weighted by Crippen LogP contribution is -2.22. The molecule has 1 aromatic carbocycles. The Hall–Kier alpha value is -3.02. The van der Waals surface area contributed by atoms with E-state index in [2.05, 4.69) is 10.3 Å². The fraction of sp³-hybridized carbons (Fsp3) is 0.176. The van der Waals surface area contributed by atoms with Crippen LogP contribution in [-0.2, 0) is 6.54 Å². The van der Waals surface area contributed by atoms with Crippen molar-refractivity contribution in [3.05, 3.63) is 60.2 Å². The van der Waals surface area contributed by atoms with E-state index in [1.807, 2.05) is 28.8 Å². The van der Waals surface area contributed by atoms with Gasteiger partial charge >= 0.3 is 0 Å². The van der Waals surface area contributed by atoms with Crippen LogP contribution in [0.1, 0.15) is 15.9 Å². The summed E-state index contributed by atoms with van der Waals surface area (Å²) in [6.45, 7) is 0.406. The summed E-state index contributed by atoms with van der Waals surface area (Å²) in [7, 11) is 3.17. The number of imidazole rings is 1. The van der Waals surface area contributed by atoms with Gasteiger partial charge in [-0.05, 0) is 29.8 Å². The van der Waals surface area contributed by atoms with Crippen LogP contribution in [0.5, 0.6) is 11.5 Å². The first-order valence-corrected chi connectivity index (χ1v) is 7.12. The molecule has 3 aromatic rings. The zero-order valence-electron chi connectivity index (χ0n) is 12.9. The Morgan fingerprint density at radius 2 is 2.00 bits per heavy atom. The Balaban J connectivity index is 1.71. The van der Waals surface area contributed by atoms with Crippen LogP contribution < -0.4 is 14.8 Å². The Morgan fingerprint density at radius 1 is 1.17 bits per heavy atom. The highest BCUT2D eigenvalue weighted by Gasteiger charge is 2.08. The average molecular weight is 311 g/mol. The minimum atomic E-state index is -0.136. The smallest absolute Gasteiger partial charge is 0.251 e. The summed E-state index contributed by atoms with van der Waals surface area (Å²) < 4.78 is 12.3. The number of methoxy groups -OCH3 is 2. The van der Waals surface area contributed by atoms with Gasteiger partial charge in [0.1, 0.15) is 0 Å². The molecule has 0 aliphatic carbocycles. The summed E-state index contributed by atoms with van der Waals surface area (Å²) in [5, 5.41) is 2.90. The Kier molecular flexibility index (Phi) is 4.14. The topological polar surface area (TPSA) is 64.9 Å². The zero-order chi connectivity index (χ0) is 16.2. The van der Waals surface area contributed by atoms with Crippen LogP contribution in [0.3, 0.4) is 0 Å². The van der Waals surface area contributed by atoms with Gasteiger partial charge in [0, 0.05) is 18.3 Å². The first-order chi connectivity index (χ1) is 11.2. The van der Waals surface area contributed by atoms with E-state index in [1.54, 1.807) is 38.9 Å². The number of pyridine rings is 1. The number of benzene rings is 1. The molecule has 0 bridgehead atoms. The highest BCUT2D eigenvalue weighted by atomic mass is 16.5. The van der Waals surface area contributed by atoms with Crippen molar-refractivity contribution >= 4 is 11.4 Å². The van der Waals surface area contributed by atoms with Crippen molar-refractivity contribution in [2.45, 2.75) is 6.54 Å².